The summed E-state index contributed by atoms with van der Waals surface area (Å²) in [5.41, 5.74) is 0.746. The maximum Gasteiger partial charge on any atom is 0.307 e. The predicted molar refractivity (Wildman–Crippen MR) is 83.1 cm³/mol. The van der Waals surface area contributed by atoms with E-state index in [-0.39, 0.29) is 24.2 Å². The van der Waals surface area contributed by atoms with Crippen LogP contribution in [0.5, 0.6) is 5.75 Å². The fraction of sp³-hybridized carbons (Fsp3) is 0.333. The van der Waals surface area contributed by atoms with Gasteiger partial charge in [-0.25, -0.2) is 0 Å². The van der Waals surface area contributed by atoms with Crippen LogP contribution in [-0.4, -0.2) is 39.7 Å². The minimum absolute atomic E-state index is 0.0656. The van der Waals surface area contributed by atoms with Crippen LogP contribution in [0.25, 0.3) is 0 Å². The first-order chi connectivity index (χ1) is 10.9. The maximum absolute atomic E-state index is 12.4. The van der Waals surface area contributed by atoms with Crippen molar-refractivity contribution >= 4 is 11.6 Å². The first-order valence-corrected chi connectivity index (χ1v) is 6.99. The van der Waals surface area contributed by atoms with Crippen LogP contribution in [0.15, 0.2) is 36.7 Å². The van der Waals surface area contributed by atoms with Gasteiger partial charge >= 0.3 is 5.69 Å². The van der Waals surface area contributed by atoms with Gasteiger partial charge in [-0.2, -0.15) is 5.10 Å². The molecule has 0 fully saturated rings. The van der Waals surface area contributed by atoms with Gasteiger partial charge in [-0.15, -0.1) is 0 Å². The molecule has 8 nitrogen and oxygen atoms in total. The molecule has 8 heteroatoms. The fourth-order valence-corrected chi connectivity index (χ4v) is 2.22. The molecule has 0 aliphatic carbocycles. The van der Waals surface area contributed by atoms with Gasteiger partial charge < -0.3 is 9.64 Å². The zero-order valence-electron chi connectivity index (χ0n) is 13.2. The van der Waals surface area contributed by atoms with Gasteiger partial charge in [0.15, 0.2) is 0 Å². The number of aromatic nitrogens is 2. The number of rotatable bonds is 6. The molecule has 1 aromatic heterocycles. The average molecular weight is 318 g/mol. The molecular formula is C15H18N4O4. The van der Waals surface area contributed by atoms with Crippen LogP contribution < -0.4 is 4.74 Å². The lowest BCUT2D eigenvalue weighted by atomic mass is 10.1. The zero-order chi connectivity index (χ0) is 17.0. The lowest BCUT2D eigenvalue weighted by Crippen LogP contribution is -2.32. The van der Waals surface area contributed by atoms with Crippen molar-refractivity contribution < 1.29 is 14.5 Å². The summed E-state index contributed by atoms with van der Waals surface area (Å²) < 4.78 is 6.57. The minimum atomic E-state index is -0.546. The van der Waals surface area contributed by atoms with E-state index in [4.69, 9.17) is 4.74 Å². The number of carbonyl (C=O) groups is 1. The molecule has 1 heterocycles. The third-order valence-electron chi connectivity index (χ3n) is 3.69. The number of methoxy groups -OCH3 is 1. The Balaban J connectivity index is 2.10. The molecule has 0 N–H and O–H groups in total. The van der Waals surface area contributed by atoms with E-state index in [0.29, 0.717) is 5.75 Å². The van der Waals surface area contributed by atoms with Gasteiger partial charge in [0.05, 0.1) is 18.1 Å². The van der Waals surface area contributed by atoms with Crippen LogP contribution in [0.4, 0.5) is 5.69 Å². The average Bonchev–Trinajstić information content (AvgIpc) is 3.02. The molecule has 1 aromatic carbocycles. The molecule has 0 bridgehead atoms. The summed E-state index contributed by atoms with van der Waals surface area (Å²) in [7, 11) is 3.26. The Morgan fingerprint density at radius 1 is 1.48 bits per heavy atom. The van der Waals surface area contributed by atoms with E-state index in [1.54, 1.807) is 19.1 Å². The summed E-state index contributed by atoms with van der Waals surface area (Å²) >= 11 is 0. The third-order valence-corrected chi connectivity index (χ3v) is 3.69. The van der Waals surface area contributed by atoms with Crippen molar-refractivity contribution in [3.8, 4) is 5.75 Å². The number of amides is 1. The molecule has 0 radical (unpaired) electrons. The van der Waals surface area contributed by atoms with E-state index < -0.39 is 4.92 Å². The SMILES string of the molecule is COc1ccccc1C(C)N(C)C(=O)Cn1cc([N+](=O)[O-])cn1. The normalized spacial score (nSPS) is 11.8. The highest BCUT2D eigenvalue weighted by Crippen LogP contribution is 2.28. The second-order valence-corrected chi connectivity index (χ2v) is 5.08. The van der Waals surface area contributed by atoms with Gasteiger partial charge in [-0.3, -0.25) is 19.6 Å². The number of nitrogens with zero attached hydrogens (tertiary/aromatic N) is 4. The Morgan fingerprint density at radius 3 is 2.78 bits per heavy atom. The Kier molecular flexibility index (Phi) is 4.95. The van der Waals surface area contributed by atoms with Gasteiger partial charge in [0.2, 0.25) is 5.91 Å². The van der Waals surface area contributed by atoms with Crippen molar-refractivity contribution in [3.63, 3.8) is 0 Å². The number of hydrogen-bond donors (Lipinski definition) is 0. The van der Waals surface area contributed by atoms with Crippen LogP contribution in [0.1, 0.15) is 18.5 Å². The van der Waals surface area contributed by atoms with Crippen molar-refractivity contribution in [1.82, 2.24) is 14.7 Å². The van der Waals surface area contributed by atoms with Crippen molar-refractivity contribution in [2.75, 3.05) is 14.2 Å². The molecule has 23 heavy (non-hydrogen) atoms. The lowest BCUT2D eigenvalue weighted by molar-refractivity contribution is -0.385. The zero-order valence-corrected chi connectivity index (χ0v) is 13.2. The Bertz CT molecular complexity index is 713. The summed E-state index contributed by atoms with van der Waals surface area (Å²) in [6.45, 7) is 1.82. The number of para-hydroxylation sites is 1. The van der Waals surface area contributed by atoms with Crippen LogP contribution in [0.2, 0.25) is 0 Å². The number of nitro groups is 1. The molecule has 0 aliphatic rings. The van der Waals surface area contributed by atoms with Crippen molar-refractivity contribution in [3.05, 3.63) is 52.3 Å². The molecule has 1 atom stereocenters. The third kappa shape index (κ3) is 3.65. The van der Waals surface area contributed by atoms with Crippen LogP contribution in [0, 0.1) is 10.1 Å². The van der Waals surface area contributed by atoms with Gasteiger partial charge in [0.25, 0.3) is 0 Å². The topological polar surface area (TPSA) is 90.5 Å². The highest BCUT2D eigenvalue weighted by atomic mass is 16.6. The van der Waals surface area contributed by atoms with Gasteiger partial charge in [-0.1, -0.05) is 18.2 Å². The molecule has 2 rings (SSSR count). The summed E-state index contributed by atoms with van der Waals surface area (Å²) in [6.07, 6.45) is 2.36. The summed E-state index contributed by atoms with van der Waals surface area (Å²) in [4.78, 5) is 24.0. The second kappa shape index (κ2) is 6.91. The lowest BCUT2D eigenvalue weighted by Gasteiger charge is -2.26. The molecular weight excluding hydrogens is 300 g/mol. The van der Waals surface area contributed by atoms with Crippen LogP contribution >= 0.6 is 0 Å². The predicted octanol–water partition coefficient (Wildman–Crippen LogP) is 2.02. The van der Waals surface area contributed by atoms with Gasteiger partial charge in [0, 0.05) is 12.6 Å². The number of hydrogen-bond acceptors (Lipinski definition) is 5. The molecule has 0 saturated heterocycles. The first-order valence-electron chi connectivity index (χ1n) is 6.99. The molecule has 0 spiro atoms. The van der Waals surface area contributed by atoms with E-state index in [2.05, 4.69) is 5.10 Å². The van der Waals surface area contributed by atoms with E-state index in [1.807, 2.05) is 31.2 Å². The monoisotopic (exact) mass is 318 g/mol. The van der Waals surface area contributed by atoms with Gasteiger partial charge in [0.1, 0.15) is 24.7 Å². The van der Waals surface area contributed by atoms with Gasteiger partial charge in [-0.05, 0) is 13.0 Å². The highest BCUT2D eigenvalue weighted by molar-refractivity contribution is 5.76. The second-order valence-electron chi connectivity index (χ2n) is 5.08. The molecule has 0 aliphatic heterocycles. The van der Waals surface area contributed by atoms with Crippen molar-refractivity contribution in [2.24, 2.45) is 0 Å². The maximum atomic E-state index is 12.4. The Hall–Kier alpha value is -2.90. The first kappa shape index (κ1) is 16.5. The number of ether oxygens (including phenoxy) is 1. The number of likely N-dealkylation sites (N-methyl/N-ethyl adjacent to an activating group) is 1. The van der Waals surface area contributed by atoms with Crippen molar-refractivity contribution in [2.45, 2.75) is 19.5 Å². The largest absolute Gasteiger partial charge is 0.496 e. The minimum Gasteiger partial charge on any atom is -0.496 e. The standard InChI is InChI=1S/C15H18N4O4/c1-11(13-6-4-5-7-14(13)23-3)17(2)15(20)10-18-9-12(8-16-18)19(21)22/h4-9,11H,10H2,1-3H3. The van der Waals surface area contributed by atoms with Crippen LogP contribution in [0.3, 0.4) is 0 Å². The molecule has 122 valence electrons. The summed E-state index contributed by atoms with van der Waals surface area (Å²) in [5, 5.41) is 14.5. The fourth-order valence-electron chi connectivity index (χ4n) is 2.22. The smallest absolute Gasteiger partial charge is 0.307 e. The number of carbonyl (C=O) groups excluding carboxylic acids is 1. The number of benzene rings is 1. The van der Waals surface area contributed by atoms with Crippen molar-refractivity contribution in [1.29, 1.82) is 0 Å². The quantitative estimate of drug-likeness (QED) is 0.600. The summed E-state index contributed by atoms with van der Waals surface area (Å²) in [5.74, 6) is 0.496. The molecule has 1 unspecified atom stereocenters. The van der Waals surface area contributed by atoms with Crippen LogP contribution in [-0.2, 0) is 11.3 Å². The summed E-state index contributed by atoms with van der Waals surface area (Å²) in [6, 6.07) is 7.26. The van der Waals surface area contributed by atoms with E-state index >= 15 is 0 Å². The van der Waals surface area contributed by atoms with E-state index in [1.165, 1.54) is 10.9 Å². The molecule has 1 amide bonds. The molecule has 0 saturated carbocycles. The molecule has 2 aromatic rings. The highest BCUT2D eigenvalue weighted by Gasteiger charge is 2.21. The Labute approximate surface area is 133 Å². The Morgan fingerprint density at radius 2 is 2.17 bits per heavy atom. The van der Waals surface area contributed by atoms with E-state index in [9.17, 15) is 14.9 Å². The van der Waals surface area contributed by atoms with E-state index in [0.717, 1.165) is 11.8 Å².